The van der Waals surface area contributed by atoms with Gasteiger partial charge in [0.1, 0.15) is 17.3 Å². The van der Waals surface area contributed by atoms with Gasteiger partial charge in [-0.3, -0.25) is 19.7 Å². The molecule has 0 fully saturated rings. The van der Waals surface area contributed by atoms with E-state index in [0.29, 0.717) is 39.4 Å². The normalized spacial score (nSPS) is 12.1. The van der Waals surface area contributed by atoms with Crippen molar-refractivity contribution in [3.8, 4) is 22.6 Å². The Hall–Kier alpha value is -5.16. The molecule has 0 bridgehead atoms. The van der Waals surface area contributed by atoms with Crippen LogP contribution in [0.3, 0.4) is 0 Å². The molecule has 5 aromatic rings. The smallest absolute Gasteiger partial charge is 0.261 e. The molecule has 5 rings (SSSR count). The van der Waals surface area contributed by atoms with Crippen LogP contribution >= 0.6 is 0 Å². The second-order valence-corrected chi connectivity index (χ2v) is 10.2. The SMILES string of the molecule is CN=C/C(=C\N)c1cnc2ccc(-c3cncc(NS(=O)(=O)c4ccc(Oc5ccc(F)cc5)cc4)c3)cc2n1. The number of sulfonamides is 1. The number of ether oxygens (including phenoxy) is 1. The molecule has 0 spiro atoms. The summed E-state index contributed by atoms with van der Waals surface area (Å²) in [5, 5.41) is 0. The molecule has 0 saturated carbocycles. The van der Waals surface area contributed by atoms with Gasteiger partial charge in [0.2, 0.25) is 0 Å². The van der Waals surface area contributed by atoms with Crippen LogP contribution in [0.4, 0.5) is 10.1 Å². The Morgan fingerprint density at radius 3 is 2.35 bits per heavy atom. The number of rotatable bonds is 8. The van der Waals surface area contributed by atoms with Gasteiger partial charge in [-0.2, -0.15) is 0 Å². The maximum atomic E-state index is 13.1. The highest BCUT2D eigenvalue weighted by atomic mass is 32.2. The maximum absolute atomic E-state index is 13.1. The van der Waals surface area contributed by atoms with E-state index in [4.69, 9.17) is 10.5 Å². The monoisotopic (exact) mass is 554 g/mol. The van der Waals surface area contributed by atoms with Crippen molar-refractivity contribution in [2.45, 2.75) is 4.90 Å². The van der Waals surface area contributed by atoms with E-state index in [9.17, 15) is 12.8 Å². The molecule has 40 heavy (non-hydrogen) atoms. The molecule has 11 heteroatoms. The average Bonchev–Trinajstić information content (AvgIpc) is 2.97. The molecule has 2 heterocycles. The van der Waals surface area contributed by atoms with Gasteiger partial charge in [-0.05, 0) is 72.3 Å². The summed E-state index contributed by atoms with van der Waals surface area (Å²) >= 11 is 0. The van der Waals surface area contributed by atoms with Crippen molar-refractivity contribution in [1.82, 2.24) is 15.0 Å². The Morgan fingerprint density at radius 1 is 0.925 bits per heavy atom. The number of nitrogens with zero attached hydrogens (tertiary/aromatic N) is 4. The van der Waals surface area contributed by atoms with Gasteiger partial charge in [0.05, 0.1) is 39.7 Å². The van der Waals surface area contributed by atoms with E-state index in [1.807, 2.05) is 18.2 Å². The zero-order chi connectivity index (χ0) is 28.1. The van der Waals surface area contributed by atoms with E-state index in [0.717, 1.165) is 5.56 Å². The second-order valence-electron chi connectivity index (χ2n) is 8.56. The van der Waals surface area contributed by atoms with Crippen molar-refractivity contribution in [3.05, 3.63) is 109 Å². The number of allylic oxidation sites excluding steroid dienone is 1. The number of anilines is 1. The Labute approximate surface area is 230 Å². The molecule has 0 unspecified atom stereocenters. The lowest BCUT2D eigenvalue weighted by molar-refractivity contribution is 0.480. The summed E-state index contributed by atoms with van der Waals surface area (Å²) in [4.78, 5) is 17.3. The molecule has 0 saturated heterocycles. The predicted molar refractivity (Wildman–Crippen MR) is 153 cm³/mol. The molecule has 0 aliphatic carbocycles. The summed E-state index contributed by atoms with van der Waals surface area (Å²) in [6.07, 6.45) is 7.70. The average molecular weight is 555 g/mol. The molecule has 0 radical (unpaired) electrons. The van der Waals surface area contributed by atoms with Crippen molar-refractivity contribution in [2.24, 2.45) is 10.7 Å². The van der Waals surface area contributed by atoms with Gasteiger partial charge in [-0.1, -0.05) is 6.07 Å². The van der Waals surface area contributed by atoms with Crippen molar-refractivity contribution in [3.63, 3.8) is 0 Å². The number of hydrogen-bond acceptors (Lipinski definition) is 8. The summed E-state index contributed by atoms with van der Waals surface area (Å²) in [5.74, 6) is 0.464. The number of fused-ring (bicyclic) bond motifs is 1. The van der Waals surface area contributed by atoms with Gasteiger partial charge < -0.3 is 10.5 Å². The Kier molecular flexibility index (Phi) is 7.47. The third-order valence-corrected chi connectivity index (χ3v) is 7.19. The van der Waals surface area contributed by atoms with E-state index in [1.54, 1.807) is 31.7 Å². The number of nitrogens with two attached hydrogens (primary N) is 1. The van der Waals surface area contributed by atoms with Crippen molar-refractivity contribution in [1.29, 1.82) is 0 Å². The minimum atomic E-state index is -3.91. The van der Waals surface area contributed by atoms with Gasteiger partial charge in [-0.15, -0.1) is 0 Å². The van der Waals surface area contributed by atoms with E-state index in [2.05, 4.69) is 24.7 Å². The van der Waals surface area contributed by atoms with Crippen LogP contribution < -0.4 is 15.2 Å². The minimum Gasteiger partial charge on any atom is -0.457 e. The van der Waals surface area contributed by atoms with E-state index >= 15 is 0 Å². The number of aliphatic imine (C=N–C) groups is 1. The highest BCUT2D eigenvalue weighted by Crippen LogP contribution is 2.27. The Balaban J connectivity index is 1.36. The van der Waals surface area contributed by atoms with Crippen LogP contribution in [-0.4, -0.2) is 36.6 Å². The fraction of sp³-hybridized carbons (Fsp3) is 0.0345. The number of hydrogen-bond donors (Lipinski definition) is 2. The van der Waals surface area contributed by atoms with Crippen LogP contribution in [0.1, 0.15) is 5.69 Å². The molecule has 0 atom stereocenters. The van der Waals surface area contributed by atoms with Gasteiger partial charge in [0.25, 0.3) is 10.0 Å². The fourth-order valence-electron chi connectivity index (χ4n) is 3.86. The highest BCUT2D eigenvalue weighted by molar-refractivity contribution is 7.92. The largest absolute Gasteiger partial charge is 0.457 e. The number of aromatic nitrogens is 3. The zero-order valence-electron chi connectivity index (χ0n) is 21.2. The number of pyridine rings is 1. The predicted octanol–water partition coefficient (Wildman–Crippen LogP) is 5.42. The summed E-state index contributed by atoms with van der Waals surface area (Å²) in [6.45, 7) is 0. The molecular formula is C29H23FN6O3S. The Morgan fingerprint density at radius 2 is 1.65 bits per heavy atom. The first-order valence-electron chi connectivity index (χ1n) is 12.0. The molecular weight excluding hydrogens is 531 g/mol. The summed E-state index contributed by atoms with van der Waals surface area (Å²) in [6, 6.07) is 18.6. The van der Waals surface area contributed by atoms with E-state index in [1.165, 1.54) is 60.9 Å². The molecule has 3 N–H and O–H groups in total. The van der Waals surface area contributed by atoms with Gasteiger partial charge in [0.15, 0.2) is 0 Å². The molecule has 0 aliphatic rings. The van der Waals surface area contributed by atoms with Gasteiger partial charge in [-0.25, -0.2) is 17.8 Å². The molecule has 2 aromatic heterocycles. The standard InChI is InChI=1S/C29H23FN6O3S/c1-32-15-21(14-31)29-18-34-27-11-2-19(13-28(27)35-29)20-12-23(17-33-16-20)36-40(37,38)26-9-7-25(8-10-26)39-24-5-3-22(30)4-6-24/h2-18,36H,31H2,1H3/b21-14+,32-15?. The van der Waals surface area contributed by atoms with Gasteiger partial charge in [0, 0.05) is 36.8 Å². The summed E-state index contributed by atoms with van der Waals surface area (Å²) < 4.78 is 47.4. The van der Waals surface area contributed by atoms with Crippen LogP contribution in [0.5, 0.6) is 11.5 Å². The first-order valence-corrected chi connectivity index (χ1v) is 13.5. The molecule has 200 valence electrons. The third-order valence-electron chi connectivity index (χ3n) is 5.79. The summed E-state index contributed by atoms with van der Waals surface area (Å²) in [5.41, 5.74) is 9.98. The summed E-state index contributed by atoms with van der Waals surface area (Å²) in [7, 11) is -2.27. The third kappa shape index (κ3) is 5.94. The first kappa shape index (κ1) is 26.4. The van der Waals surface area contributed by atoms with Crippen LogP contribution in [0.2, 0.25) is 0 Å². The van der Waals surface area contributed by atoms with Crippen LogP contribution in [0.25, 0.3) is 27.7 Å². The Bertz CT molecular complexity index is 1840. The topological polar surface area (TPSA) is 132 Å². The van der Waals surface area contributed by atoms with E-state index in [-0.39, 0.29) is 16.4 Å². The molecule has 3 aromatic carbocycles. The first-order chi connectivity index (χ1) is 19.3. The van der Waals surface area contributed by atoms with Crippen molar-refractivity contribution < 1.29 is 17.5 Å². The van der Waals surface area contributed by atoms with Gasteiger partial charge >= 0.3 is 0 Å². The lowest BCUT2D eigenvalue weighted by Crippen LogP contribution is -2.13. The lowest BCUT2D eigenvalue weighted by Gasteiger charge is -2.11. The molecule has 9 nitrogen and oxygen atoms in total. The van der Waals surface area contributed by atoms with Crippen molar-refractivity contribution in [2.75, 3.05) is 11.8 Å². The van der Waals surface area contributed by atoms with Crippen molar-refractivity contribution >= 4 is 38.5 Å². The maximum Gasteiger partial charge on any atom is 0.261 e. The lowest BCUT2D eigenvalue weighted by atomic mass is 10.1. The number of halogens is 1. The zero-order valence-corrected chi connectivity index (χ0v) is 22.0. The second kappa shape index (κ2) is 11.3. The number of nitrogens with one attached hydrogen (secondary N) is 1. The van der Waals surface area contributed by atoms with Crippen LogP contribution in [0, 0.1) is 5.82 Å². The molecule has 0 aliphatic heterocycles. The fourth-order valence-corrected chi connectivity index (χ4v) is 4.89. The highest BCUT2D eigenvalue weighted by Gasteiger charge is 2.15. The quantitative estimate of drug-likeness (QED) is 0.245. The van der Waals surface area contributed by atoms with Crippen LogP contribution in [-0.2, 0) is 10.0 Å². The van der Waals surface area contributed by atoms with E-state index < -0.39 is 10.0 Å². The van der Waals surface area contributed by atoms with Crippen LogP contribution in [0.15, 0.2) is 107 Å². The minimum absolute atomic E-state index is 0.0391. The molecule has 0 amide bonds. The number of benzene rings is 3.